The summed E-state index contributed by atoms with van der Waals surface area (Å²) >= 11 is 0. The van der Waals surface area contributed by atoms with E-state index in [2.05, 4.69) is 37.0 Å². The van der Waals surface area contributed by atoms with Crippen molar-refractivity contribution in [3.05, 3.63) is 77.6 Å². The van der Waals surface area contributed by atoms with E-state index >= 15 is 0 Å². The van der Waals surface area contributed by atoms with Crippen LogP contribution in [0.5, 0.6) is 11.5 Å². The molecule has 0 unspecified atom stereocenters. The van der Waals surface area contributed by atoms with Gasteiger partial charge < -0.3 is 31.2 Å². The molecule has 1 fully saturated rings. The Labute approximate surface area is 213 Å². The summed E-state index contributed by atoms with van der Waals surface area (Å²) in [5.74, 6) is 2.51. The lowest BCUT2D eigenvalue weighted by Gasteiger charge is -2.14. The normalized spacial score (nSPS) is 20.3. The van der Waals surface area contributed by atoms with Gasteiger partial charge in [-0.1, -0.05) is 6.07 Å². The van der Waals surface area contributed by atoms with Crippen LogP contribution in [0.3, 0.4) is 0 Å². The van der Waals surface area contributed by atoms with E-state index in [0.29, 0.717) is 42.9 Å². The number of amides is 1. The molecular weight excluding hydrogens is 470 g/mol. The van der Waals surface area contributed by atoms with Gasteiger partial charge in [-0.3, -0.25) is 14.8 Å². The Morgan fingerprint density at radius 2 is 1.95 bits per heavy atom. The summed E-state index contributed by atoms with van der Waals surface area (Å²) in [6, 6.07) is 9.90. The van der Waals surface area contributed by atoms with Gasteiger partial charge in [0.05, 0.1) is 23.5 Å². The zero-order valence-corrected chi connectivity index (χ0v) is 20.2. The highest BCUT2D eigenvalue weighted by Crippen LogP contribution is 2.31. The number of benzene rings is 1. The van der Waals surface area contributed by atoms with Gasteiger partial charge in [0.1, 0.15) is 43.0 Å². The number of carbonyl (C=O) groups is 1. The molecule has 188 valence electrons. The van der Waals surface area contributed by atoms with Gasteiger partial charge in [0.25, 0.3) is 0 Å². The minimum atomic E-state index is 0.0409. The van der Waals surface area contributed by atoms with E-state index < -0.39 is 0 Å². The monoisotopic (exact) mass is 497 g/mol. The van der Waals surface area contributed by atoms with Crippen LogP contribution in [0.15, 0.2) is 71.5 Å². The highest BCUT2D eigenvalue weighted by molar-refractivity contribution is 6.17. The zero-order chi connectivity index (χ0) is 25.2. The molecule has 0 saturated heterocycles. The van der Waals surface area contributed by atoms with E-state index in [9.17, 15) is 4.79 Å². The third-order valence-corrected chi connectivity index (χ3v) is 6.41. The Kier molecular flexibility index (Phi) is 6.05. The predicted molar refractivity (Wildman–Crippen MR) is 139 cm³/mol. The summed E-state index contributed by atoms with van der Waals surface area (Å²) in [6.07, 6.45) is 8.91. The summed E-state index contributed by atoms with van der Waals surface area (Å²) in [7, 11) is 0. The summed E-state index contributed by atoms with van der Waals surface area (Å²) in [6.45, 7) is 1.36. The Balaban J connectivity index is 1.37. The number of nitrogens with one attached hydrogen (secondary N) is 3. The highest BCUT2D eigenvalue weighted by Gasteiger charge is 2.29. The molecule has 3 aromatic rings. The van der Waals surface area contributed by atoms with Gasteiger partial charge in [-0.15, -0.1) is 0 Å². The van der Waals surface area contributed by atoms with Crippen LogP contribution < -0.4 is 31.2 Å². The Hall–Kier alpha value is -4.60. The van der Waals surface area contributed by atoms with Crippen molar-refractivity contribution in [2.75, 3.05) is 19.9 Å². The van der Waals surface area contributed by atoms with Crippen LogP contribution in [-0.4, -0.2) is 41.6 Å². The summed E-state index contributed by atoms with van der Waals surface area (Å²) < 4.78 is 11.7. The van der Waals surface area contributed by atoms with Crippen LogP contribution in [0.2, 0.25) is 0 Å². The number of fused-ring (bicyclic) bond motifs is 6. The second-order valence-corrected chi connectivity index (χ2v) is 9.13. The Morgan fingerprint density at radius 3 is 2.78 bits per heavy atom. The number of pyridine rings is 2. The van der Waals surface area contributed by atoms with Gasteiger partial charge >= 0.3 is 0 Å². The van der Waals surface area contributed by atoms with Crippen LogP contribution in [0.25, 0.3) is 16.5 Å². The molecule has 3 aliphatic rings. The molecule has 10 nitrogen and oxygen atoms in total. The molecular formula is C27H27N7O3. The van der Waals surface area contributed by atoms with Crippen molar-refractivity contribution >= 4 is 28.2 Å². The van der Waals surface area contributed by atoms with E-state index in [1.807, 2.05) is 30.5 Å². The van der Waals surface area contributed by atoms with Crippen molar-refractivity contribution in [2.45, 2.75) is 19.4 Å². The standard InChI is InChI=1S/C27H27N7O3/c28-25-24-22(14-32-26(24)33-15-34-27(35)17-1-2-17)18-3-4-23-19(8-18)9-21(13-30-23)37-6-5-36-20-7-16(11-31-25)10-29-12-20/h3-4,7-10,12-14,17,31H,1-2,5-6,11,15,28H2,(H,32,33)(H,34,35)/b25-24+. The van der Waals surface area contributed by atoms with Gasteiger partial charge in [-0.25, -0.2) is 4.99 Å². The smallest absolute Gasteiger partial charge is 0.224 e. The quantitative estimate of drug-likeness (QED) is 0.432. The first-order chi connectivity index (χ1) is 18.1. The maximum Gasteiger partial charge on any atom is 0.224 e. The number of ether oxygens (including phenoxy) is 2. The predicted octanol–water partition coefficient (Wildman–Crippen LogP) is 2.19. The second kappa shape index (κ2) is 9.81. The van der Waals surface area contributed by atoms with Gasteiger partial charge in [0.2, 0.25) is 5.91 Å². The largest absolute Gasteiger partial charge is 0.488 e. The summed E-state index contributed by atoms with van der Waals surface area (Å²) in [5.41, 5.74) is 10.9. The van der Waals surface area contributed by atoms with Crippen molar-refractivity contribution in [1.29, 1.82) is 0 Å². The molecule has 0 radical (unpaired) electrons. The molecule has 5 bridgehead atoms. The lowest BCUT2D eigenvalue weighted by molar-refractivity contribution is -0.122. The number of carbonyl (C=O) groups excluding carboxylic acids is 1. The molecule has 1 saturated carbocycles. The third-order valence-electron chi connectivity index (χ3n) is 6.41. The third kappa shape index (κ3) is 5.04. The van der Waals surface area contributed by atoms with Crippen molar-refractivity contribution < 1.29 is 14.3 Å². The zero-order valence-electron chi connectivity index (χ0n) is 20.2. The number of rotatable bonds is 3. The average molecular weight is 498 g/mol. The molecule has 2 aliphatic heterocycles. The molecule has 6 rings (SSSR count). The van der Waals surface area contributed by atoms with Crippen molar-refractivity contribution in [3.63, 3.8) is 0 Å². The molecule has 0 spiro atoms. The van der Waals surface area contributed by atoms with E-state index in [1.165, 1.54) is 0 Å². The minimum Gasteiger partial charge on any atom is -0.488 e. The molecule has 2 aromatic heterocycles. The summed E-state index contributed by atoms with van der Waals surface area (Å²) in [4.78, 5) is 25.5. The lowest BCUT2D eigenvalue weighted by Crippen LogP contribution is -2.29. The summed E-state index contributed by atoms with van der Waals surface area (Å²) in [5, 5.41) is 10.4. The Bertz CT molecular complexity index is 1460. The minimum absolute atomic E-state index is 0.0409. The van der Waals surface area contributed by atoms with Crippen LogP contribution in [0.4, 0.5) is 0 Å². The number of amidine groups is 1. The van der Waals surface area contributed by atoms with Gasteiger partial charge in [0.15, 0.2) is 0 Å². The second-order valence-electron chi connectivity index (χ2n) is 9.13. The topological polar surface area (TPSA) is 136 Å². The van der Waals surface area contributed by atoms with Crippen LogP contribution in [0.1, 0.15) is 24.0 Å². The van der Waals surface area contributed by atoms with E-state index in [0.717, 1.165) is 46.0 Å². The van der Waals surface area contributed by atoms with E-state index in [-0.39, 0.29) is 18.5 Å². The van der Waals surface area contributed by atoms with E-state index in [1.54, 1.807) is 18.6 Å². The highest BCUT2D eigenvalue weighted by atomic mass is 16.5. The molecule has 1 aromatic carbocycles. The average Bonchev–Trinajstić information content (AvgIpc) is 3.69. The molecule has 10 heteroatoms. The number of nitrogens with zero attached hydrogens (tertiary/aromatic N) is 3. The number of hydrogen-bond donors (Lipinski definition) is 4. The number of aliphatic imine (C=N–C) groups is 1. The van der Waals surface area contributed by atoms with Gasteiger partial charge in [-0.05, 0) is 48.2 Å². The lowest BCUT2D eigenvalue weighted by atomic mass is 9.98. The first kappa shape index (κ1) is 22.8. The molecule has 37 heavy (non-hydrogen) atoms. The Morgan fingerprint density at radius 1 is 1.11 bits per heavy atom. The maximum absolute atomic E-state index is 12.1. The number of hydrogen-bond acceptors (Lipinski definition) is 8. The van der Waals surface area contributed by atoms with Gasteiger partial charge in [-0.2, -0.15) is 0 Å². The van der Waals surface area contributed by atoms with Crippen LogP contribution in [0, 0.1) is 5.92 Å². The van der Waals surface area contributed by atoms with Crippen LogP contribution in [-0.2, 0) is 11.3 Å². The first-order valence-electron chi connectivity index (χ1n) is 12.3. The fraction of sp³-hybridized carbons (Fsp3) is 0.259. The van der Waals surface area contributed by atoms with Crippen molar-refractivity contribution in [1.82, 2.24) is 25.9 Å². The number of nitrogens with two attached hydrogens (primary N) is 1. The van der Waals surface area contributed by atoms with Gasteiger partial charge in [0, 0.05) is 35.8 Å². The fourth-order valence-corrected chi connectivity index (χ4v) is 4.33. The fourth-order valence-electron chi connectivity index (χ4n) is 4.33. The van der Waals surface area contributed by atoms with Crippen molar-refractivity contribution in [3.8, 4) is 11.5 Å². The molecule has 1 aliphatic carbocycles. The molecule has 4 heterocycles. The van der Waals surface area contributed by atoms with E-state index in [4.69, 9.17) is 15.2 Å². The SMILES string of the molecule is N/C1=C2/C(=CN/C2=N/CNC(=O)C2CC2)c2ccc3ncc(cc3c2)OCCOc2cncc(c2)CN1. The number of aromatic nitrogens is 2. The first-order valence-corrected chi connectivity index (χ1v) is 12.3. The molecule has 5 N–H and O–H groups in total. The van der Waals surface area contributed by atoms with Crippen molar-refractivity contribution in [2.24, 2.45) is 16.6 Å². The molecule has 1 amide bonds. The molecule has 0 atom stereocenters. The maximum atomic E-state index is 12.1. The van der Waals surface area contributed by atoms with Crippen LogP contribution >= 0.6 is 0 Å².